The van der Waals surface area contributed by atoms with Gasteiger partial charge in [-0.3, -0.25) is 14.6 Å². The number of carbonyl (C=O) groups excluding carboxylic acids is 2. The number of ketones is 1. The molecule has 1 aromatic heterocycles. The van der Waals surface area contributed by atoms with Gasteiger partial charge in [0, 0.05) is 31.0 Å². The van der Waals surface area contributed by atoms with Crippen molar-refractivity contribution >= 4 is 17.4 Å². The van der Waals surface area contributed by atoms with Crippen molar-refractivity contribution in [3.05, 3.63) is 101 Å². The van der Waals surface area contributed by atoms with Gasteiger partial charge in [-0.2, -0.15) is 0 Å². The molecular formula is C29H31N3O4. The van der Waals surface area contributed by atoms with Gasteiger partial charge >= 0.3 is 0 Å². The Balaban J connectivity index is 1.62. The number of likely N-dealkylation sites (tertiary alicyclic amines) is 1. The number of hydrogen-bond acceptors (Lipinski definition) is 6. The van der Waals surface area contributed by atoms with E-state index >= 15 is 0 Å². The molecule has 2 aromatic carbocycles. The molecule has 186 valence electrons. The predicted octanol–water partition coefficient (Wildman–Crippen LogP) is 4.42. The van der Waals surface area contributed by atoms with Crippen LogP contribution in [-0.4, -0.2) is 57.8 Å². The van der Waals surface area contributed by atoms with Crippen molar-refractivity contribution in [2.75, 3.05) is 26.2 Å². The molecular weight excluding hydrogens is 454 g/mol. The zero-order chi connectivity index (χ0) is 25.5. The van der Waals surface area contributed by atoms with Crippen LogP contribution in [0.5, 0.6) is 5.75 Å². The molecule has 0 aliphatic carbocycles. The Morgan fingerprint density at radius 2 is 1.72 bits per heavy atom. The summed E-state index contributed by atoms with van der Waals surface area (Å²) in [4.78, 5) is 34.1. The van der Waals surface area contributed by atoms with Gasteiger partial charge < -0.3 is 19.6 Å². The van der Waals surface area contributed by atoms with Crippen LogP contribution in [0, 0.1) is 0 Å². The van der Waals surface area contributed by atoms with Gasteiger partial charge in [0.25, 0.3) is 11.7 Å². The Hall–Kier alpha value is -3.97. The fourth-order valence-electron chi connectivity index (χ4n) is 4.39. The maximum atomic E-state index is 13.2. The zero-order valence-corrected chi connectivity index (χ0v) is 20.6. The highest BCUT2D eigenvalue weighted by atomic mass is 16.5. The molecule has 0 radical (unpaired) electrons. The summed E-state index contributed by atoms with van der Waals surface area (Å²) in [6.45, 7) is 7.23. The maximum absolute atomic E-state index is 13.2. The number of aliphatic hydroxyl groups is 1. The molecule has 1 atom stereocenters. The van der Waals surface area contributed by atoms with Crippen LogP contribution in [-0.2, 0) is 16.2 Å². The van der Waals surface area contributed by atoms with Crippen molar-refractivity contribution in [3.8, 4) is 5.75 Å². The highest BCUT2D eigenvalue weighted by Crippen LogP contribution is 2.39. The van der Waals surface area contributed by atoms with Crippen molar-refractivity contribution in [2.45, 2.75) is 26.5 Å². The SMILES string of the molecule is CCN(CC)CCN1C(=O)C(=O)/C(=C(/O)c2ccc(OCc3ccccc3)cc2)[C@H]1c1cccnc1. The Bertz CT molecular complexity index is 1210. The molecule has 1 fully saturated rings. The molecule has 7 nitrogen and oxygen atoms in total. The molecule has 0 bridgehead atoms. The summed E-state index contributed by atoms with van der Waals surface area (Å²) in [5.41, 5.74) is 2.24. The quantitative estimate of drug-likeness (QED) is 0.260. The molecule has 2 heterocycles. The second-order valence-electron chi connectivity index (χ2n) is 8.60. The number of aliphatic hydroxyl groups excluding tert-OH is 1. The van der Waals surface area contributed by atoms with Crippen molar-refractivity contribution in [1.29, 1.82) is 0 Å². The number of carbonyl (C=O) groups is 2. The van der Waals surface area contributed by atoms with Crippen molar-refractivity contribution in [3.63, 3.8) is 0 Å². The number of pyridine rings is 1. The third-order valence-corrected chi connectivity index (χ3v) is 6.47. The number of nitrogens with zero attached hydrogens (tertiary/aromatic N) is 3. The minimum Gasteiger partial charge on any atom is -0.507 e. The fourth-order valence-corrected chi connectivity index (χ4v) is 4.39. The van der Waals surface area contributed by atoms with Crippen LogP contribution in [0.2, 0.25) is 0 Å². The maximum Gasteiger partial charge on any atom is 0.295 e. The lowest BCUT2D eigenvalue weighted by Crippen LogP contribution is -2.38. The average molecular weight is 486 g/mol. The number of likely N-dealkylation sites (N-methyl/N-ethyl adjacent to an activating group) is 1. The lowest BCUT2D eigenvalue weighted by molar-refractivity contribution is -0.140. The van der Waals surface area contributed by atoms with E-state index in [1.807, 2.05) is 36.4 Å². The largest absolute Gasteiger partial charge is 0.507 e. The Kier molecular flexibility index (Phi) is 8.13. The number of benzene rings is 2. The van der Waals surface area contributed by atoms with Crippen LogP contribution >= 0.6 is 0 Å². The molecule has 36 heavy (non-hydrogen) atoms. The van der Waals surface area contributed by atoms with Gasteiger partial charge in [0.05, 0.1) is 11.6 Å². The molecule has 4 rings (SSSR count). The van der Waals surface area contributed by atoms with Crippen molar-refractivity contribution in [1.82, 2.24) is 14.8 Å². The first-order chi connectivity index (χ1) is 17.5. The number of hydrogen-bond donors (Lipinski definition) is 1. The van der Waals surface area contributed by atoms with Crippen molar-refractivity contribution < 1.29 is 19.4 Å². The molecule has 1 N–H and O–H groups in total. The summed E-state index contributed by atoms with van der Waals surface area (Å²) >= 11 is 0. The minimum atomic E-state index is -0.705. The van der Waals surface area contributed by atoms with Gasteiger partial charge in [-0.15, -0.1) is 0 Å². The van der Waals surface area contributed by atoms with Crippen LogP contribution in [0.4, 0.5) is 0 Å². The molecule has 0 unspecified atom stereocenters. The summed E-state index contributed by atoms with van der Waals surface area (Å²) in [6.07, 6.45) is 3.27. The third-order valence-electron chi connectivity index (χ3n) is 6.47. The molecule has 1 amide bonds. The van der Waals surface area contributed by atoms with Crippen LogP contribution in [0.25, 0.3) is 5.76 Å². The highest BCUT2D eigenvalue weighted by molar-refractivity contribution is 6.46. The first kappa shape index (κ1) is 25.1. The van der Waals surface area contributed by atoms with Gasteiger partial charge in [0.15, 0.2) is 0 Å². The monoisotopic (exact) mass is 485 g/mol. The molecule has 1 aliphatic rings. The van der Waals surface area contributed by atoms with Gasteiger partial charge in [-0.1, -0.05) is 50.2 Å². The Morgan fingerprint density at radius 3 is 2.36 bits per heavy atom. The summed E-state index contributed by atoms with van der Waals surface area (Å²) in [5.74, 6) is -0.869. The first-order valence-corrected chi connectivity index (χ1v) is 12.2. The first-order valence-electron chi connectivity index (χ1n) is 12.2. The van der Waals surface area contributed by atoms with E-state index in [1.165, 1.54) is 0 Å². The molecule has 1 saturated heterocycles. The van der Waals surface area contributed by atoms with Crippen LogP contribution < -0.4 is 4.74 Å². The smallest absolute Gasteiger partial charge is 0.295 e. The van der Waals surface area contributed by atoms with Gasteiger partial charge in [-0.05, 0) is 54.5 Å². The van der Waals surface area contributed by atoms with Crippen molar-refractivity contribution in [2.24, 2.45) is 0 Å². The van der Waals surface area contributed by atoms with E-state index in [9.17, 15) is 14.7 Å². The highest BCUT2D eigenvalue weighted by Gasteiger charge is 2.46. The predicted molar refractivity (Wildman–Crippen MR) is 138 cm³/mol. The summed E-state index contributed by atoms with van der Waals surface area (Å²) in [6, 6.07) is 19.6. The van der Waals surface area contributed by atoms with Gasteiger partial charge in [0.2, 0.25) is 0 Å². The Labute approximate surface area is 211 Å². The van der Waals surface area contributed by atoms with E-state index in [4.69, 9.17) is 4.74 Å². The van der Waals surface area contributed by atoms with E-state index in [2.05, 4.69) is 23.7 Å². The average Bonchev–Trinajstić information content (AvgIpc) is 3.18. The number of ether oxygens (including phenoxy) is 1. The summed E-state index contributed by atoms with van der Waals surface area (Å²) in [5, 5.41) is 11.2. The minimum absolute atomic E-state index is 0.0745. The molecule has 7 heteroatoms. The number of aromatic nitrogens is 1. The van der Waals surface area contributed by atoms with E-state index in [-0.39, 0.29) is 11.3 Å². The molecule has 3 aromatic rings. The van der Waals surface area contributed by atoms with Gasteiger partial charge in [-0.25, -0.2) is 0 Å². The second-order valence-corrected chi connectivity index (χ2v) is 8.60. The normalized spacial score (nSPS) is 17.1. The number of Topliss-reactive ketones (excluding diaryl/α,β-unsaturated/α-hetero) is 1. The number of amides is 1. The molecule has 1 aliphatic heterocycles. The molecule has 0 spiro atoms. The standard InChI is InChI=1S/C29H31N3O4/c1-3-31(4-2)17-18-32-26(23-11-8-16-30-19-23)25(28(34)29(32)35)27(33)22-12-14-24(15-13-22)36-20-21-9-6-5-7-10-21/h5-16,19,26,33H,3-4,17-18,20H2,1-2H3/b27-25+/t26-/m1/s1. The zero-order valence-electron chi connectivity index (χ0n) is 20.6. The van der Waals surface area contributed by atoms with E-state index in [0.29, 0.717) is 36.6 Å². The lowest BCUT2D eigenvalue weighted by atomic mass is 9.96. The summed E-state index contributed by atoms with van der Waals surface area (Å²) < 4.78 is 5.83. The van der Waals surface area contributed by atoms with E-state index in [0.717, 1.165) is 18.7 Å². The van der Waals surface area contributed by atoms with Crippen LogP contribution in [0.15, 0.2) is 84.7 Å². The molecule has 0 saturated carbocycles. The van der Waals surface area contributed by atoms with E-state index < -0.39 is 17.7 Å². The Morgan fingerprint density at radius 1 is 1.00 bits per heavy atom. The van der Waals surface area contributed by atoms with Crippen LogP contribution in [0.3, 0.4) is 0 Å². The lowest BCUT2D eigenvalue weighted by Gasteiger charge is -2.28. The third kappa shape index (κ3) is 5.47. The van der Waals surface area contributed by atoms with E-state index in [1.54, 1.807) is 47.6 Å². The van der Waals surface area contributed by atoms with Gasteiger partial charge in [0.1, 0.15) is 18.1 Å². The second kappa shape index (κ2) is 11.6. The number of rotatable bonds is 10. The fraction of sp³-hybridized carbons (Fsp3) is 0.276. The van der Waals surface area contributed by atoms with Crippen LogP contribution in [0.1, 0.15) is 36.6 Å². The summed E-state index contributed by atoms with van der Waals surface area (Å²) in [7, 11) is 0. The topological polar surface area (TPSA) is 83.0 Å².